The SMILES string of the molecule is C[C@H]1CN(Cc2ncc(C3OCCO3)s2)C[C@H](C)O1. The monoisotopic (exact) mass is 284 g/mol. The van der Waals surface area contributed by atoms with Crippen molar-refractivity contribution in [2.24, 2.45) is 0 Å². The van der Waals surface area contributed by atoms with Gasteiger partial charge in [0, 0.05) is 19.3 Å². The highest BCUT2D eigenvalue weighted by Crippen LogP contribution is 2.28. The molecule has 5 nitrogen and oxygen atoms in total. The standard InChI is InChI=1S/C13H20N2O3S/c1-9-6-15(7-10(2)18-9)8-12-14-5-11(19-12)13-16-3-4-17-13/h5,9-10,13H,3-4,6-8H2,1-2H3/t9-,10-/m0/s1. The number of rotatable bonds is 3. The molecule has 0 spiro atoms. The summed E-state index contributed by atoms with van der Waals surface area (Å²) in [5.74, 6) is 0. The van der Waals surface area contributed by atoms with E-state index in [1.165, 1.54) is 0 Å². The fourth-order valence-corrected chi connectivity index (χ4v) is 3.60. The minimum absolute atomic E-state index is 0.200. The molecule has 2 atom stereocenters. The van der Waals surface area contributed by atoms with Crippen LogP contribution in [0.2, 0.25) is 0 Å². The first-order chi connectivity index (χ1) is 9.20. The van der Waals surface area contributed by atoms with Gasteiger partial charge in [-0.05, 0) is 13.8 Å². The number of thiazole rings is 1. The van der Waals surface area contributed by atoms with Crippen molar-refractivity contribution in [3.63, 3.8) is 0 Å². The van der Waals surface area contributed by atoms with E-state index in [2.05, 4.69) is 23.7 Å². The van der Waals surface area contributed by atoms with Crippen molar-refractivity contribution in [2.75, 3.05) is 26.3 Å². The third kappa shape index (κ3) is 3.32. The molecule has 2 fully saturated rings. The summed E-state index contributed by atoms with van der Waals surface area (Å²) in [6.45, 7) is 8.42. The molecule has 0 amide bonds. The number of morpholine rings is 1. The largest absolute Gasteiger partial charge is 0.373 e. The van der Waals surface area contributed by atoms with Gasteiger partial charge in [0.1, 0.15) is 5.01 Å². The highest BCUT2D eigenvalue weighted by Gasteiger charge is 2.24. The maximum atomic E-state index is 5.74. The van der Waals surface area contributed by atoms with Gasteiger partial charge in [-0.2, -0.15) is 0 Å². The number of nitrogens with zero attached hydrogens (tertiary/aromatic N) is 2. The molecule has 19 heavy (non-hydrogen) atoms. The van der Waals surface area contributed by atoms with Gasteiger partial charge < -0.3 is 14.2 Å². The molecule has 0 unspecified atom stereocenters. The van der Waals surface area contributed by atoms with Crippen molar-refractivity contribution in [1.29, 1.82) is 0 Å². The minimum Gasteiger partial charge on any atom is -0.373 e. The van der Waals surface area contributed by atoms with Crippen molar-refractivity contribution in [3.8, 4) is 0 Å². The van der Waals surface area contributed by atoms with Gasteiger partial charge in [-0.1, -0.05) is 0 Å². The van der Waals surface area contributed by atoms with Crippen LogP contribution in [0, 0.1) is 0 Å². The van der Waals surface area contributed by atoms with E-state index in [4.69, 9.17) is 14.2 Å². The van der Waals surface area contributed by atoms with E-state index in [-0.39, 0.29) is 6.29 Å². The van der Waals surface area contributed by atoms with Gasteiger partial charge in [0.25, 0.3) is 0 Å². The molecule has 0 saturated carbocycles. The Bertz CT molecular complexity index is 410. The Balaban J connectivity index is 1.60. The summed E-state index contributed by atoms with van der Waals surface area (Å²) < 4.78 is 16.7. The third-order valence-corrected chi connectivity index (χ3v) is 4.28. The average Bonchev–Trinajstić information content (AvgIpc) is 2.96. The van der Waals surface area contributed by atoms with Crippen LogP contribution in [0.25, 0.3) is 0 Å². The lowest BCUT2D eigenvalue weighted by Crippen LogP contribution is -2.44. The van der Waals surface area contributed by atoms with E-state index < -0.39 is 0 Å². The van der Waals surface area contributed by atoms with Crippen LogP contribution in [-0.4, -0.2) is 48.4 Å². The fraction of sp³-hybridized carbons (Fsp3) is 0.769. The summed E-state index contributed by atoms with van der Waals surface area (Å²) in [5, 5.41) is 1.12. The highest BCUT2D eigenvalue weighted by molar-refractivity contribution is 7.11. The van der Waals surface area contributed by atoms with Crippen LogP contribution in [-0.2, 0) is 20.8 Å². The van der Waals surface area contributed by atoms with Crippen LogP contribution in [0.5, 0.6) is 0 Å². The van der Waals surface area contributed by atoms with Gasteiger partial charge in [0.15, 0.2) is 6.29 Å². The molecule has 0 bridgehead atoms. The van der Waals surface area contributed by atoms with Gasteiger partial charge in [0.05, 0.1) is 36.8 Å². The summed E-state index contributed by atoms with van der Waals surface area (Å²) in [5.41, 5.74) is 0. The number of ether oxygens (including phenoxy) is 3. The molecule has 0 aliphatic carbocycles. The van der Waals surface area contributed by atoms with Crippen LogP contribution in [0.15, 0.2) is 6.20 Å². The zero-order valence-electron chi connectivity index (χ0n) is 11.4. The molecule has 0 radical (unpaired) electrons. The van der Waals surface area contributed by atoms with Crippen LogP contribution < -0.4 is 0 Å². The molecule has 2 aliphatic heterocycles. The number of hydrogen-bond acceptors (Lipinski definition) is 6. The summed E-state index contributed by atoms with van der Waals surface area (Å²) in [4.78, 5) is 7.95. The predicted molar refractivity (Wildman–Crippen MR) is 72.0 cm³/mol. The Morgan fingerprint density at radius 1 is 1.26 bits per heavy atom. The second-order valence-corrected chi connectivity index (χ2v) is 6.33. The summed E-state index contributed by atoms with van der Waals surface area (Å²) in [6.07, 6.45) is 2.27. The maximum Gasteiger partial charge on any atom is 0.194 e. The van der Waals surface area contributed by atoms with E-state index in [0.717, 1.165) is 29.5 Å². The molecule has 2 saturated heterocycles. The van der Waals surface area contributed by atoms with Crippen molar-refractivity contribution < 1.29 is 14.2 Å². The van der Waals surface area contributed by atoms with E-state index in [1.54, 1.807) is 11.3 Å². The number of hydrogen-bond donors (Lipinski definition) is 0. The summed E-state index contributed by atoms with van der Waals surface area (Å²) in [7, 11) is 0. The van der Waals surface area contributed by atoms with Gasteiger partial charge in [-0.3, -0.25) is 4.90 Å². The number of aromatic nitrogens is 1. The minimum atomic E-state index is -0.200. The van der Waals surface area contributed by atoms with E-state index in [1.807, 2.05) is 6.20 Å². The molecule has 1 aromatic heterocycles. The summed E-state index contributed by atoms with van der Waals surface area (Å²) >= 11 is 1.68. The lowest BCUT2D eigenvalue weighted by molar-refractivity contribution is -0.0705. The Morgan fingerprint density at radius 2 is 1.95 bits per heavy atom. The maximum absolute atomic E-state index is 5.74. The summed E-state index contributed by atoms with van der Waals surface area (Å²) in [6, 6.07) is 0. The van der Waals surface area contributed by atoms with E-state index in [9.17, 15) is 0 Å². The Labute approximate surface area is 117 Å². The van der Waals surface area contributed by atoms with E-state index in [0.29, 0.717) is 25.4 Å². The van der Waals surface area contributed by atoms with Gasteiger partial charge >= 0.3 is 0 Å². The van der Waals surface area contributed by atoms with Crippen molar-refractivity contribution >= 4 is 11.3 Å². The molecule has 2 aliphatic rings. The molecule has 1 aromatic rings. The zero-order chi connectivity index (χ0) is 13.2. The molecule has 3 rings (SSSR count). The quantitative estimate of drug-likeness (QED) is 0.847. The molecular weight excluding hydrogens is 264 g/mol. The van der Waals surface area contributed by atoms with E-state index >= 15 is 0 Å². The van der Waals surface area contributed by atoms with Gasteiger partial charge in [-0.25, -0.2) is 4.98 Å². The van der Waals surface area contributed by atoms with Crippen LogP contribution in [0.1, 0.15) is 30.0 Å². The molecule has 0 aromatic carbocycles. The van der Waals surface area contributed by atoms with Gasteiger partial charge in [0.2, 0.25) is 0 Å². The molecule has 3 heterocycles. The second-order valence-electron chi connectivity index (χ2n) is 5.18. The third-order valence-electron chi connectivity index (χ3n) is 3.28. The average molecular weight is 284 g/mol. The normalized spacial score (nSPS) is 30.0. The fourth-order valence-electron chi connectivity index (χ4n) is 2.63. The smallest absolute Gasteiger partial charge is 0.194 e. The molecule has 6 heteroatoms. The van der Waals surface area contributed by atoms with Crippen molar-refractivity contribution in [2.45, 2.75) is 38.9 Å². The Kier molecular flexibility index (Phi) is 4.14. The van der Waals surface area contributed by atoms with Crippen molar-refractivity contribution in [1.82, 2.24) is 9.88 Å². The highest BCUT2D eigenvalue weighted by atomic mass is 32.1. The topological polar surface area (TPSA) is 43.8 Å². The lowest BCUT2D eigenvalue weighted by atomic mass is 10.2. The zero-order valence-corrected chi connectivity index (χ0v) is 12.2. The Morgan fingerprint density at radius 3 is 2.63 bits per heavy atom. The Hall–Kier alpha value is -0.530. The molecule has 106 valence electrons. The first-order valence-electron chi connectivity index (χ1n) is 6.76. The molecule has 0 N–H and O–H groups in total. The van der Waals surface area contributed by atoms with Crippen molar-refractivity contribution in [3.05, 3.63) is 16.1 Å². The second kappa shape index (κ2) is 5.85. The van der Waals surface area contributed by atoms with Crippen LogP contribution in [0.3, 0.4) is 0 Å². The first-order valence-corrected chi connectivity index (χ1v) is 7.58. The van der Waals surface area contributed by atoms with Crippen LogP contribution >= 0.6 is 11.3 Å². The van der Waals surface area contributed by atoms with Crippen LogP contribution in [0.4, 0.5) is 0 Å². The van der Waals surface area contributed by atoms with Gasteiger partial charge in [-0.15, -0.1) is 11.3 Å². The molecular formula is C13H20N2O3S. The first kappa shape index (κ1) is 13.5. The predicted octanol–water partition coefficient (Wildman–Crippen LogP) is 1.80. The lowest BCUT2D eigenvalue weighted by Gasteiger charge is -2.34.